The van der Waals surface area contributed by atoms with Gasteiger partial charge in [-0.2, -0.15) is 0 Å². The second-order valence-electron chi connectivity index (χ2n) is 4.90. The fourth-order valence-electron chi connectivity index (χ4n) is 2.48. The molecule has 0 radical (unpaired) electrons. The van der Waals surface area contributed by atoms with Crippen molar-refractivity contribution in [3.8, 4) is 11.5 Å². The van der Waals surface area contributed by atoms with E-state index in [1.54, 1.807) is 6.07 Å². The molecule has 1 aromatic carbocycles. The summed E-state index contributed by atoms with van der Waals surface area (Å²) in [4.78, 5) is 12.6. The number of Topliss-reactive ketones (excluding diaryl/α,β-unsaturated/α-hetero) is 1. The van der Waals surface area contributed by atoms with Crippen LogP contribution in [0.2, 0.25) is 0 Å². The summed E-state index contributed by atoms with van der Waals surface area (Å²) in [5, 5.41) is -0.981. The molecule has 2 rings (SSSR count). The summed E-state index contributed by atoms with van der Waals surface area (Å²) in [6.07, 6.45) is 1.72. The van der Waals surface area contributed by atoms with Crippen LogP contribution in [-0.4, -0.2) is 39.4 Å². The second kappa shape index (κ2) is 6.36. The molecule has 1 atom stereocenters. The quantitative estimate of drug-likeness (QED) is 0.755. The topological polar surface area (TPSA) is 69.7 Å². The molecule has 21 heavy (non-hydrogen) atoms. The molecule has 1 unspecified atom stereocenters. The van der Waals surface area contributed by atoms with Crippen molar-refractivity contribution >= 4 is 31.6 Å². The highest BCUT2D eigenvalue weighted by Gasteiger charge is 2.36. The Labute approximate surface area is 132 Å². The van der Waals surface area contributed by atoms with Crippen molar-refractivity contribution in [3.05, 3.63) is 22.2 Å². The van der Waals surface area contributed by atoms with Gasteiger partial charge in [-0.15, -0.1) is 0 Å². The summed E-state index contributed by atoms with van der Waals surface area (Å²) in [5.41, 5.74) is 0.244. The van der Waals surface area contributed by atoms with Crippen LogP contribution in [0.1, 0.15) is 29.6 Å². The predicted molar refractivity (Wildman–Crippen MR) is 83.0 cm³/mol. The van der Waals surface area contributed by atoms with Gasteiger partial charge in [0.25, 0.3) is 0 Å². The van der Waals surface area contributed by atoms with E-state index in [-0.39, 0.29) is 11.3 Å². The normalized spacial score (nSPS) is 20.8. The molecule has 0 amide bonds. The van der Waals surface area contributed by atoms with Crippen LogP contribution >= 0.6 is 15.9 Å². The molecule has 1 saturated heterocycles. The van der Waals surface area contributed by atoms with Crippen LogP contribution in [0.3, 0.4) is 0 Å². The highest BCUT2D eigenvalue weighted by atomic mass is 79.9. The van der Waals surface area contributed by atoms with Gasteiger partial charge in [-0.05, 0) is 40.9 Å². The second-order valence-corrected chi connectivity index (χ2v) is 8.06. The van der Waals surface area contributed by atoms with Crippen LogP contribution in [0.5, 0.6) is 11.5 Å². The van der Waals surface area contributed by atoms with Crippen LogP contribution in [0.4, 0.5) is 0 Å². The Balaban J connectivity index is 2.47. The average molecular weight is 377 g/mol. The van der Waals surface area contributed by atoms with E-state index in [1.807, 2.05) is 0 Å². The van der Waals surface area contributed by atoms with E-state index in [0.29, 0.717) is 28.8 Å². The molecule has 0 aliphatic carbocycles. The van der Waals surface area contributed by atoms with Crippen LogP contribution < -0.4 is 9.47 Å². The Morgan fingerprint density at radius 2 is 1.86 bits per heavy atom. The van der Waals surface area contributed by atoms with Crippen molar-refractivity contribution in [2.45, 2.75) is 24.5 Å². The maximum atomic E-state index is 12.6. The molecule has 5 nitrogen and oxygen atoms in total. The minimum Gasteiger partial charge on any atom is -0.496 e. The van der Waals surface area contributed by atoms with Crippen LogP contribution in [0, 0.1) is 0 Å². The number of hydrogen-bond acceptors (Lipinski definition) is 5. The summed E-state index contributed by atoms with van der Waals surface area (Å²) < 4.78 is 35.2. The molecule has 1 aromatic rings. The summed E-state index contributed by atoms with van der Waals surface area (Å²) >= 11 is 3.32. The minimum absolute atomic E-state index is 0.0688. The van der Waals surface area contributed by atoms with Crippen LogP contribution in [-0.2, 0) is 9.84 Å². The number of halogens is 1. The van der Waals surface area contributed by atoms with Crippen LogP contribution in [0.15, 0.2) is 16.6 Å². The molecule has 0 N–H and O–H groups in total. The maximum absolute atomic E-state index is 12.6. The van der Waals surface area contributed by atoms with Gasteiger partial charge < -0.3 is 9.47 Å². The largest absolute Gasteiger partial charge is 0.496 e. The van der Waals surface area contributed by atoms with E-state index in [2.05, 4.69) is 15.9 Å². The van der Waals surface area contributed by atoms with Crippen molar-refractivity contribution in [3.63, 3.8) is 0 Å². The zero-order valence-electron chi connectivity index (χ0n) is 11.9. The molecule has 1 heterocycles. The van der Waals surface area contributed by atoms with Crippen molar-refractivity contribution < 1.29 is 22.7 Å². The van der Waals surface area contributed by atoms with E-state index < -0.39 is 20.9 Å². The number of carbonyl (C=O) groups excluding carboxylic acids is 1. The molecule has 0 spiro atoms. The lowest BCUT2D eigenvalue weighted by atomic mass is 10.0. The zero-order chi connectivity index (χ0) is 15.6. The predicted octanol–water partition coefficient (Wildman–Crippen LogP) is 2.62. The van der Waals surface area contributed by atoms with Crippen molar-refractivity contribution in [2.24, 2.45) is 0 Å². The summed E-state index contributed by atoms with van der Waals surface area (Å²) in [6, 6.07) is 3.14. The molecule has 0 bridgehead atoms. The van der Waals surface area contributed by atoms with Gasteiger partial charge >= 0.3 is 0 Å². The minimum atomic E-state index is -3.38. The third-order valence-electron chi connectivity index (χ3n) is 3.61. The smallest absolute Gasteiger partial charge is 0.184 e. The summed E-state index contributed by atoms with van der Waals surface area (Å²) in [6.45, 7) is 0. The highest BCUT2D eigenvalue weighted by Crippen LogP contribution is 2.35. The van der Waals surface area contributed by atoms with Gasteiger partial charge in [-0.3, -0.25) is 4.79 Å². The van der Waals surface area contributed by atoms with E-state index in [9.17, 15) is 13.2 Å². The first kappa shape index (κ1) is 16.3. The number of carbonyl (C=O) groups is 1. The Hall–Kier alpha value is -1.08. The monoisotopic (exact) mass is 376 g/mol. The van der Waals surface area contributed by atoms with Gasteiger partial charge in [-0.25, -0.2) is 8.42 Å². The lowest BCUT2D eigenvalue weighted by Gasteiger charge is -2.22. The Morgan fingerprint density at radius 1 is 1.19 bits per heavy atom. The molecule has 1 fully saturated rings. The molecule has 116 valence electrons. The number of ether oxygens (including phenoxy) is 2. The first-order valence-corrected chi connectivity index (χ1v) is 9.09. The van der Waals surface area contributed by atoms with E-state index >= 15 is 0 Å². The maximum Gasteiger partial charge on any atom is 0.184 e. The fraction of sp³-hybridized carbons (Fsp3) is 0.500. The van der Waals surface area contributed by atoms with Crippen molar-refractivity contribution in [2.75, 3.05) is 20.0 Å². The number of methoxy groups -OCH3 is 2. The Morgan fingerprint density at radius 3 is 2.43 bits per heavy atom. The third-order valence-corrected chi connectivity index (χ3v) is 6.40. The number of ketones is 1. The molecular weight excluding hydrogens is 360 g/mol. The van der Waals surface area contributed by atoms with Crippen LogP contribution in [0.25, 0.3) is 0 Å². The van der Waals surface area contributed by atoms with Crippen molar-refractivity contribution in [1.29, 1.82) is 0 Å². The number of rotatable bonds is 4. The van der Waals surface area contributed by atoms with Crippen molar-refractivity contribution in [1.82, 2.24) is 0 Å². The summed E-state index contributed by atoms with van der Waals surface area (Å²) in [5.74, 6) is 0.456. The third kappa shape index (κ3) is 3.23. The van der Waals surface area contributed by atoms with E-state index in [1.165, 1.54) is 20.3 Å². The van der Waals surface area contributed by atoms with Gasteiger partial charge in [-0.1, -0.05) is 6.42 Å². The standard InChI is InChI=1S/C14H17BrO5S/c1-19-11-8-10(15)12(20-2)7-9(11)14(16)13-5-3-4-6-21(13,17)18/h7-8,13H,3-6H2,1-2H3. The molecule has 0 saturated carbocycles. The number of benzene rings is 1. The fourth-order valence-corrected chi connectivity index (χ4v) is 4.83. The van der Waals surface area contributed by atoms with Gasteiger partial charge in [0.2, 0.25) is 0 Å². The Bertz CT molecular complexity index is 654. The SMILES string of the molecule is COc1cc(C(=O)C2CCCCS2(=O)=O)c(OC)cc1Br. The van der Waals surface area contributed by atoms with Gasteiger partial charge in [0.05, 0.1) is 30.0 Å². The molecular formula is C14H17BrO5S. The zero-order valence-corrected chi connectivity index (χ0v) is 14.3. The molecule has 1 aliphatic heterocycles. The highest BCUT2D eigenvalue weighted by molar-refractivity contribution is 9.10. The number of sulfone groups is 1. The molecule has 7 heteroatoms. The molecule has 1 aliphatic rings. The Kier molecular flexibility index (Phi) is 4.93. The van der Waals surface area contributed by atoms with E-state index in [0.717, 1.165) is 6.42 Å². The summed E-state index contributed by atoms with van der Waals surface area (Å²) in [7, 11) is -0.454. The van der Waals surface area contributed by atoms with Gasteiger partial charge in [0, 0.05) is 0 Å². The first-order valence-electron chi connectivity index (χ1n) is 6.58. The number of hydrogen-bond donors (Lipinski definition) is 0. The lowest BCUT2D eigenvalue weighted by molar-refractivity contribution is 0.0978. The first-order chi connectivity index (χ1) is 9.90. The van der Waals surface area contributed by atoms with Gasteiger partial charge in [0.15, 0.2) is 15.6 Å². The average Bonchev–Trinajstić information content (AvgIpc) is 2.45. The lowest BCUT2D eigenvalue weighted by Crippen LogP contribution is -2.35. The molecule has 0 aromatic heterocycles. The van der Waals surface area contributed by atoms with Gasteiger partial charge in [0.1, 0.15) is 16.7 Å². The van der Waals surface area contributed by atoms with E-state index in [4.69, 9.17) is 9.47 Å².